The van der Waals surface area contributed by atoms with E-state index in [1.807, 2.05) is 6.20 Å². The third-order valence-corrected chi connectivity index (χ3v) is 3.98. The molecule has 1 unspecified atom stereocenters. The van der Waals surface area contributed by atoms with Crippen molar-refractivity contribution in [3.05, 3.63) is 16.1 Å². The molecule has 1 aromatic heterocycles. The maximum absolute atomic E-state index is 5.84. The van der Waals surface area contributed by atoms with Gasteiger partial charge in [-0.2, -0.15) is 0 Å². The van der Waals surface area contributed by atoms with Gasteiger partial charge in [-0.1, -0.05) is 0 Å². The molecule has 1 aliphatic rings. The Labute approximate surface area is 88.3 Å². The third-order valence-electron chi connectivity index (χ3n) is 2.72. The van der Waals surface area contributed by atoms with E-state index in [9.17, 15) is 0 Å². The van der Waals surface area contributed by atoms with Gasteiger partial charge in [0.2, 0.25) is 0 Å². The van der Waals surface area contributed by atoms with Gasteiger partial charge in [0, 0.05) is 19.3 Å². The summed E-state index contributed by atoms with van der Waals surface area (Å²) in [5.74, 6) is 0. The Kier molecular flexibility index (Phi) is 2.85. The molecule has 2 rings (SSSR count). The fourth-order valence-corrected chi connectivity index (χ4v) is 2.70. The summed E-state index contributed by atoms with van der Waals surface area (Å²) in [4.78, 5) is 5.49. The molecule has 0 saturated carbocycles. The van der Waals surface area contributed by atoms with Crippen LogP contribution in [0, 0.1) is 0 Å². The molecule has 0 spiro atoms. The Morgan fingerprint density at radius 1 is 1.64 bits per heavy atom. The fourth-order valence-electron chi connectivity index (χ4n) is 1.78. The summed E-state index contributed by atoms with van der Waals surface area (Å²) in [6, 6.07) is 0. The normalized spacial score (nSPS) is 27.9. The number of hydrogen-bond donors (Lipinski definition) is 1. The molecule has 78 valence electrons. The molecule has 0 radical (unpaired) electrons. The molecule has 1 saturated heterocycles. The monoisotopic (exact) mass is 212 g/mol. The van der Waals surface area contributed by atoms with Crippen LogP contribution in [0.15, 0.2) is 6.20 Å². The fraction of sp³-hybridized carbons (Fsp3) is 0.700. The van der Waals surface area contributed by atoms with Crippen LogP contribution in [0.5, 0.6) is 0 Å². The topological polar surface area (TPSA) is 48.1 Å². The molecular weight excluding hydrogens is 196 g/mol. The molecule has 1 aromatic rings. The first kappa shape index (κ1) is 10.1. The molecule has 4 heteroatoms. The van der Waals surface area contributed by atoms with E-state index in [-0.39, 0.29) is 5.60 Å². The van der Waals surface area contributed by atoms with Crippen LogP contribution in [0.25, 0.3) is 0 Å². The first-order chi connectivity index (χ1) is 6.74. The standard InChI is InChI=1S/C10H16N2OS/c1-10(4-2-3-5-13-10)8-7-12-9(6-11)14-8/h7H,2-6,11H2,1H3. The Balaban J connectivity index is 2.19. The lowest BCUT2D eigenvalue weighted by Gasteiger charge is -2.32. The number of rotatable bonds is 2. The van der Waals surface area contributed by atoms with Crippen molar-refractivity contribution in [1.29, 1.82) is 0 Å². The lowest BCUT2D eigenvalue weighted by atomic mass is 9.95. The Bertz CT molecular complexity index is 305. The lowest BCUT2D eigenvalue weighted by molar-refractivity contribution is -0.0677. The second-order valence-electron chi connectivity index (χ2n) is 3.86. The summed E-state index contributed by atoms with van der Waals surface area (Å²) < 4.78 is 5.84. The van der Waals surface area contributed by atoms with Gasteiger partial charge >= 0.3 is 0 Å². The van der Waals surface area contributed by atoms with Gasteiger partial charge in [0.05, 0.1) is 4.88 Å². The van der Waals surface area contributed by atoms with Crippen molar-refractivity contribution < 1.29 is 4.74 Å². The highest BCUT2D eigenvalue weighted by Gasteiger charge is 2.31. The maximum atomic E-state index is 5.84. The average Bonchev–Trinajstić information content (AvgIpc) is 2.67. The van der Waals surface area contributed by atoms with Gasteiger partial charge in [0.25, 0.3) is 0 Å². The van der Waals surface area contributed by atoms with Crippen molar-refractivity contribution in [2.24, 2.45) is 5.73 Å². The largest absolute Gasteiger partial charge is 0.370 e. The molecule has 3 nitrogen and oxygen atoms in total. The molecule has 2 N–H and O–H groups in total. The predicted molar refractivity (Wildman–Crippen MR) is 57.2 cm³/mol. The van der Waals surface area contributed by atoms with E-state index in [1.165, 1.54) is 17.7 Å². The molecule has 0 bridgehead atoms. The number of nitrogens with two attached hydrogens (primary N) is 1. The van der Waals surface area contributed by atoms with E-state index < -0.39 is 0 Å². The minimum Gasteiger partial charge on any atom is -0.370 e. The van der Waals surface area contributed by atoms with Gasteiger partial charge < -0.3 is 10.5 Å². The molecule has 14 heavy (non-hydrogen) atoms. The summed E-state index contributed by atoms with van der Waals surface area (Å²) in [6.45, 7) is 3.55. The summed E-state index contributed by atoms with van der Waals surface area (Å²) in [5.41, 5.74) is 5.44. The van der Waals surface area contributed by atoms with Crippen LogP contribution < -0.4 is 5.73 Å². The summed E-state index contributed by atoms with van der Waals surface area (Å²) in [6.07, 6.45) is 5.43. The van der Waals surface area contributed by atoms with E-state index in [1.54, 1.807) is 11.3 Å². The van der Waals surface area contributed by atoms with Crippen molar-refractivity contribution in [3.63, 3.8) is 0 Å². The van der Waals surface area contributed by atoms with E-state index in [2.05, 4.69) is 11.9 Å². The maximum Gasteiger partial charge on any atom is 0.106 e. The van der Waals surface area contributed by atoms with Crippen LogP contribution in [0.4, 0.5) is 0 Å². The molecule has 1 fully saturated rings. The Morgan fingerprint density at radius 3 is 3.07 bits per heavy atom. The Morgan fingerprint density at radius 2 is 2.50 bits per heavy atom. The average molecular weight is 212 g/mol. The number of aromatic nitrogens is 1. The van der Waals surface area contributed by atoms with Crippen LogP contribution >= 0.6 is 11.3 Å². The number of hydrogen-bond acceptors (Lipinski definition) is 4. The van der Waals surface area contributed by atoms with Gasteiger partial charge in [-0.3, -0.25) is 0 Å². The van der Waals surface area contributed by atoms with Crippen molar-refractivity contribution in [3.8, 4) is 0 Å². The van der Waals surface area contributed by atoms with Crippen LogP contribution in [0.3, 0.4) is 0 Å². The van der Waals surface area contributed by atoms with Crippen LogP contribution in [-0.2, 0) is 16.9 Å². The molecule has 2 heterocycles. The second-order valence-corrected chi connectivity index (χ2v) is 4.97. The van der Waals surface area contributed by atoms with Crippen molar-refractivity contribution >= 4 is 11.3 Å². The first-order valence-electron chi connectivity index (χ1n) is 5.04. The van der Waals surface area contributed by atoms with Gasteiger partial charge in [-0.15, -0.1) is 11.3 Å². The minimum absolute atomic E-state index is 0.108. The van der Waals surface area contributed by atoms with E-state index >= 15 is 0 Å². The van der Waals surface area contributed by atoms with E-state index in [4.69, 9.17) is 10.5 Å². The van der Waals surface area contributed by atoms with Crippen molar-refractivity contribution in [1.82, 2.24) is 4.98 Å². The third kappa shape index (κ3) is 1.82. The minimum atomic E-state index is -0.108. The van der Waals surface area contributed by atoms with Gasteiger partial charge in [0.1, 0.15) is 10.6 Å². The summed E-state index contributed by atoms with van der Waals surface area (Å²) in [5, 5.41) is 0.996. The van der Waals surface area contributed by atoms with Crippen molar-refractivity contribution in [2.45, 2.75) is 38.3 Å². The summed E-state index contributed by atoms with van der Waals surface area (Å²) in [7, 11) is 0. The predicted octanol–water partition coefficient (Wildman–Crippen LogP) is 2.02. The lowest BCUT2D eigenvalue weighted by Crippen LogP contribution is -2.29. The molecule has 0 aliphatic carbocycles. The highest BCUT2D eigenvalue weighted by molar-refractivity contribution is 7.11. The molecule has 0 aromatic carbocycles. The zero-order chi connectivity index (χ0) is 10.0. The molecule has 1 aliphatic heterocycles. The highest BCUT2D eigenvalue weighted by Crippen LogP contribution is 2.37. The summed E-state index contributed by atoms with van der Waals surface area (Å²) >= 11 is 1.68. The van der Waals surface area contributed by atoms with E-state index in [0.717, 1.165) is 18.0 Å². The van der Waals surface area contributed by atoms with Gasteiger partial charge in [-0.25, -0.2) is 4.98 Å². The zero-order valence-electron chi connectivity index (χ0n) is 8.45. The van der Waals surface area contributed by atoms with Crippen molar-refractivity contribution in [2.75, 3.05) is 6.61 Å². The quantitative estimate of drug-likeness (QED) is 0.816. The Hall–Kier alpha value is -0.450. The number of nitrogens with zero attached hydrogens (tertiary/aromatic N) is 1. The highest BCUT2D eigenvalue weighted by atomic mass is 32.1. The van der Waals surface area contributed by atoms with Gasteiger partial charge in [0.15, 0.2) is 0 Å². The molecule has 1 atom stereocenters. The van der Waals surface area contributed by atoms with Crippen LogP contribution in [0.2, 0.25) is 0 Å². The van der Waals surface area contributed by atoms with Gasteiger partial charge in [-0.05, 0) is 26.2 Å². The van der Waals surface area contributed by atoms with Crippen LogP contribution in [0.1, 0.15) is 36.1 Å². The number of ether oxygens (including phenoxy) is 1. The van der Waals surface area contributed by atoms with E-state index in [0.29, 0.717) is 6.54 Å². The molecular formula is C10H16N2OS. The second kappa shape index (κ2) is 3.96. The molecule has 0 amide bonds. The number of thiazole rings is 1. The smallest absolute Gasteiger partial charge is 0.106 e. The first-order valence-corrected chi connectivity index (χ1v) is 5.85. The van der Waals surface area contributed by atoms with Crippen LogP contribution in [-0.4, -0.2) is 11.6 Å². The SMILES string of the molecule is CC1(c2cnc(CN)s2)CCCCO1. The zero-order valence-corrected chi connectivity index (χ0v) is 9.27.